The van der Waals surface area contributed by atoms with Crippen LogP contribution in [0.3, 0.4) is 0 Å². The highest BCUT2D eigenvalue weighted by molar-refractivity contribution is 5.77. The first kappa shape index (κ1) is 13.9. The van der Waals surface area contributed by atoms with Crippen molar-refractivity contribution >= 4 is 6.03 Å². The van der Waals surface area contributed by atoms with Crippen LogP contribution in [0.2, 0.25) is 0 Å². The number of rotatable bonds is 5. The Hall–Kier alpha value is -1.55. The van der Waals surface area contributed by atoms with Crippen molar-refractivity contribution in [2.24, 2.45) is 0 Å². The first-order chi connectivity index (χ1) is 9.11. The molecule has 1 aromatic rings. The molecule has 4 nitrogen and oxygen atoms in total. The summed E-state index contributed by atoms with van der Waals surface area (Å²) < 4.78 is 0. The van der Waals surface area contributed by atoms with E-state index in [1.807, 2.05) is 11.9 Å². The zero-order valence-corrected chi connectivity index (χ0v) is 12.0. The van der Waals surface area contributed by atoms with E-state index in [4.69, 9.17) is 0 Å². The molecule has 0 aliphatic carbocycles. The minimum Gasteiger partial charge on any atom is -0.329 e. The van der Waals surface area contributed by atoms with E-state index < -0.39 is 0 Å². The Labute approximate surface area is 115 Å². The molecular weight excluding hydrogens is 238 g/mol. The van der Waals surface area contributed by atoms with Gasteiger partial charge in [0.15, 0.2) is 0 Å². The van der Waals surface area contributed by atoms with Gasteiger partial charge in [-0.25, -0.2) is 4.79 Å². The fourth-order valence-corrected chi connectivity index (χ4v) is 2.62. The number of carbonyl (C=O) groups is 1. The third-order valence-corrected chi connectivity index (χ3v) is 3.64. The Balaban J connectivity index is 2.01. The maximum atomic E-state index is 11.9. The van der Waals surface area contributed by atoms with Gasteiger partial charge >= 0.3 is 6.03 Å². The minimum atomic E-state index is 0.0566. The number of nitrogens with zero attached hydrogens (tertiary/aromatic N) is 1. The van der Waals surface area contributed by atoms with Gasteiger partial charge in [-0.15, -0.1) is 0 Å². The summed E-state index contributed by atoms with van der Waals surface area (Å²) in [7, 11) is 1.93. The van der Waals surface area contributed by atoms with Crippen LogP contribution in [0.5, 0.6) is 0 Å². The number of aryl methyl sites for hydroxylation is 2. The number of urea groups is 1. The summed E-state index contributed by atoms with van der Waals surface area (Å²) in [6.45, 7) is 6.73. The van der Waals surface area contributed by atoms with Crippen molar-refractivity contribution in [3.63, 3.8) is 0 Å². The summed E-state index contributed by atoms with van der Waals surface area (Å²) in [6.07, 6.45) is 0.990. The molecule has 1 saturated heterocycles. The van der Waals surface area contributed by atoms with E-state index in [0.717, 1.165) is 26.1 Å². The van der Waals surface area contributed by atoms with Crippen molar-refractivity contribution in [1.82, 2.24) is 15.5 Å². The highest BCUT2D eigenvalue weighted by atomic mass is 16.2. The molecule has 0 aromatic heterocycles. The zero-order chi connectivity index (χ0) is 13.8. The fraction of sp³-hybridized carbons (Fsp3) is 0.533. The van der Waals surface area contributed by atoms with Gasteiger partial charge in [-0.2, -0.15) is 0 Å². The third-order valence-electron chi connectivity index (χ3n) is 3.64. The van der Waals surface area contributed by atoms with E-state index in [9.17, 15) is 4.79 Å². The Morgan fingerprint density at radius 2 is 2.21 bits per heavy atom. The van der Waals surface area contributed by atoms with Crippen LogP contribution in [0.15, 0.2) is 18.2 Å². The van der Waals surface area contributed by atoms with Crippen molar-refractivity contribution in [1.29, 1.82) is 0 Å². The molecule has 2 amide bonds. The summed E-state index contributed by atoms with van der Waals surface area (Å²) >= 11 is 0. The number of benzene rings is 1. The van der Waals surface area contributed by atoms with Gasteiger partial charge in [0, 0.05) is 13.1 Å². The lowest BCUT2D eigenvalue weighted by Crippen LogP contribution is -2.30. The first-order valence-electron chi connectivity index (χ1n) is 6.89. The van der Waals surface area contributed by atoms with Crippen LogP contribution in [-0.4, -0.2) is 37.6 Å². The van der Waals surface area contributed by atoms with Crippen molar-refractivity contribution < 1.29 is 4.79 Å². The predicted octanol–water partition coefficient (Wildman–Crippen LogP) is 1.98. The molecule has 1 aliphatic heterocycles. The lowest BCUT2D eigenvalue weighted by Gasteiger charge is -2.15. The molecule has 104 valence electrons. The Bertz CT molecular complexity index is 459. The highest BCUT2D eigenvalue weighted by Crippen LogP contribution is 2.24. The van der Waals surface area contributed by atoms with Gasteiger partial charge in [-0.05, 0) is 45.0 Å². The van der Waals surface area contributed by atoms with Crippen LogP contribution in [-0.2, 0) is 0 Å². The predicted molar refractivity (Wildman–Crippen MR) is 77.3 cm³/mol. The molecule has 19 heavy (non-hydrogen) atoms. The minimum absolute atomic E-state index is 0.0566. The van der Waals surface area contributed by atoms with E-state index in [1.54, 1.807) is 0 Å². The quantitative estimate of drug-likeness (QED) is 0.796. The van der Waals surface area contributed by atoms with Crippen molar-refractivity contribution in [3.05, 3.63) is 34.9 Å². The molecule has 2 rings (SSSR count). The van der Waals surface area contributed by atoms with Crippen LogP contribution < -0.4 is 10.6 Å². The van der Waals surface area contributed by atoms with E-state index in [0.29, 0.717) is 0 Å². The fourth-order valence-electron chi connectivity index (χ4n) is 2.62. The maximum Gasteiger partial charge on any atom is 0.318 e. The second-order valence-electron chi connectivity index (χ2n) is 5.27. The Morgan fingerprint density at radius 1 is 1.42 bits per heavy atom. The summed E-state index contributed by atoms with van der Waals surface area (Å²) in [5.41, 5.74) is 3.74. The smallest absolute Gasteiger partial charge is 0.318 e. The van der Waals surface area contributed by atoms with Crippen molar-refractivity contribution in [2.75, 3.05) is 26.7 Å². The lowest BCUT2D eigenvalue weighted by atomic mass is 10.00. The number of hydrogen-bond acceptors (Lipinski definition) is 2. The molecule has 1 atom stereocenters. The number of nitrogens with one attached hydrogen (secondary N) is 2. The van der Waals surface area contributed by atoms with Crippen LogP contribution >= 0.6 is 0 Å². The number of carbonyl (C=O) groups excluding carboxylic acids is 1. The van der Waals surface area contributed by atoms with Crippen LogP contribution in [0.1, 0.15) is 29.2 Å². The summed E-state index contributed by atoms with van der Waals surface area (Å²) in [5.74, 6) is 0. The molecule has 4 heteroatoms. The SMILES string of the molecule is CNCCCN1CC(c2ccc(C)cc2C)NC1=O. The second-order valence-corrected chi connectivity index (χ2v) is 5.27. The van der Waals surface area contributed by atoms with E-state index in [-0.39, 0.29) is 12.1 Å². The van der Waals surface area contributed by atoms with Gasteiger partial charge in [0.25, 0.3) is 0 Å². The van der Waals surface area contributed by atoms with E-state index >= 15 is 0 Å². The molecule has 1 fully saturated rings. The first-order valence-corrected chi connectivity index (χ1v) is 6.89. The summed E-state index contributed by atoms with van der Waals surface area (Å²) in [5, 5.41) is 6.18. The van der Waals surface area contributed by atoms with Crippen LogP contribution in [0, 0.1) is 13.8 Å². The second kappa shape index (κ2) is 6.06. The van der Waals surface area contributed by atoms with Crippen molar-refractivity contribution in [2.45, 2.75) is 26.3 Å². The average Bonchev–Trinajstić information content (AvgIpc) is 2.71. The standard InChI is InChI=1S/C15H23N3O/c1-11-5-6-13(12(2)9-11)14-10-18(15(19)17-14)8-4-7-16-3/h5-6,9,14,16H,4,7-8,10H2,1-3H3,(H,17,19). The maximum absolute atomic E-state index is 11.9. The normalized spacial score (nSPS) is 18.8. The van der Waals surface area contributed by atoms with E-state index in [2.05, 4.69) is 42.7 Å². The van der Waals surface area contributed by atoms with Gasteiger partial charge in [-0.1, -0.05) is 23.8 Å². The van der Waals surface area contributed by atoms with Gasteiger partial charge in [0.1, 0.15) is 0 Å². The van der Waals surface area contributed by atoms with Crippen molar-refractivity contribution in [3.8, 4) is 0 Å². The molecule has 0 radical (unpaired) electrons. The van der Waals surface area contributed by atoms with Crippen LogP contribution in [0.4, 0.5) is 4.79 Å². The molecule has 1 aliphatic rings. The topological polar surface area (TPSA) is 44.4 Å². The molecular formula is C15H23N3O. The Morgan fingerprint density at radius 3 is 2.89 bits per heavy atom. The largest absolute Gasteiger partial charge is 0.329 e. The highest BCUT2D eigenvalue weighted by Gasteiger charge is 2.29. The zero-order valence-electron chi connectivity index (χ0n) is 12.0. The van der Waals surface area contributed by atoms with Crippen LogP contribution in [0.25, 0.3) is 0 Å². The number of hydrogen-bond donors (Lipinski definition) is 2. The lowest BCUT2D eigenvalue weighted by molar-refractivity contribution is 0.217. The molecule has 1 aromatic carbocycles. The molecule has 1 unspecified atom stereocenters. The molecule has 0 spiro atoms. The summed E-state index contributed by atoms with van der Waals surface area (Å²) in [4.78, 5) is 13.8. The monoisotopic (exact) mass is 261 g/mol. The molecule has 0 saturated carbocycles. The molecule has 2 N–H and O–H groups in total. The Kier molecular flexibility index (Phi) is 4.43. The van der Waals surface area contributed by atoms with Gasteiger partial charge < -0.3 is 15.5 Å². The van der Waals surface area contributed by atoms with Gasteiger partial charge in [-0.3, -0.25) is 0 Å². The van der Waals surface area contributed by atoms with Gasteiger partial charge in [0.2, 0.25) is 0 Å². The molecule has 0 bridgehead atoms. The number of amides is 2. The van der Waals surface area contributed by atoms with Gasteiger partial charge in [0.05, 0.1) is 6.04 Å². The molecule has 1 heterocycles. The van der Waals surface area contributed by atoms with E-state index in [1.165, 1.54) is 16.7 Å². The third kappa shape index (κ3) is 3.26. The average molecular weight is 261 g/mol. The summed E-state index contributed by atoms with van der Waals surface area (Å²) in [6, 6.07) is 6.60.